The van der Waals surface area contributed by atoms with E-state index in [-0.39, 0.29) is 23.3 Å². The summed E-state index contributed by atoms with van der Waals surface area (Å²) in [5.74, 6) is 0.0291. The number of benzene rings is 1. The minimum atomic E-state index is -0.303. The van der Waals surface area contributed by atoms with Crippen LogP contribution in [0.15, 0.2) is 47.3 Å². The Morgan fingerprint density at radius 1 is 0.931 bits per heavy atom. The smallest absolute Gasteiger partial charge is 0.254 e. The van der Waals surface area contributed by atoms with Gasteiger partial charge in [0.2, 0.25) is 11.5 Å². The predicted molar refractivity (Wildman–Crippen MR) is 109 cm³/mol. The van der Waals surface area contributed by atoms with Crippen molar-refractivity contribution in [3.63, 3.8) is 0 Å². The van der Waals surface area contributed by atoms with Gasteiger partial charge >= 0.3 is 0 Å². The van der Waals surface area contributed by atoms with Crippen LogP contribution in [0, 0.1) is 5.92 Å². The Morgan fingerprint density at radius 2 is 1.59 bits per heavy atom. The third kappa shape index (κ3) is 4.40. The van der Waals surface area contributed by atoms with Crippen LogP contribution in [0.1, 0.15) is 23.2 Å². The van der Waals surface area contributed by atoms with E-state index in [0.717, 1.165) is 18.4 Å². The first-order chi connectivity index (χ1) is 14.1. The molecular weight excluding hydrogens is 370 g/mol. The molecule has 7 nitrogen and oxygen atoms in total. The van der Waals surface area contributed by atoms with Crippen molar-refractivity contribution in [1.82, 2.24) is 14.8 Å². The topological polar surface area (TPSA) is 82.7 Å². The van der Waals surface area contributed by atoms with E-state index in [9.17, 15) is 14.4 Å². The van der Waals surface area contributed by atoms with Crippen molar-refractivity contribution >= 4 is 11.8 Å². The molecule has 0 spiro atoms. The largest absolute Gasteiger partial charge is 0.381 e. The Morgan fingerprint density at radius 3 is 2.28 bits per heavy atom. The molecule has 0 atom stereocenters. The molecule has 152 valence electrons. The highest BCUT2D eigenvalue weighted by Crippen LogP contribution is 2.20. The Kier molecular flexibility index (Phi) is 5.76. The van der Waals surface area contributed by atoms with Crippen molar-refractivity contribution in [2.24, 2.45) is 5.92 Å². The number of nitrogens with zero attached hydrogens (tertiary/aromatic N) is 2. The number of H-pyrrole nitrogens is 1. The number of ether oxygens (including phenoxy) is 1. The normalized spacial score (nSPS) is 17.9. The van der Waals surface area contributed by atoms with E-state index in [1.807, 2.05) is 35.2 Å². The molecular formula is C22H25N3O4. The lowest BCUT2D eigenvalue weighted by Crippen LogP contribution is -2.52. The van der Waals surface area contributed by atoms with Gasteiger partial charge in [-0.15, -0.1) is 0 Å². The predicted octanol–water partition coefficient (Wildman–Crippen LogP) is 1.75. The van der Waals surface area contributed by atoms with Crippen molar-refractivity contribution in [3.05, 3.63) is 58.4 Å². The molecule has 2 amide bonds. The molecule has 0 bridgehead atoms. The van der Waals surface area contributed by atoms with Gasteiger partial charge in [0, 0.05) is 62.6 Å². The van der Waals surface area contributed by atoms with Gasteiger partial charge in [-0.2, -0.15) is 0 Å². The average molecular weight is 395 g/mol. The van der Waals surface area contributed by atoms with Crippen LogP contribution in [-0.2, 0) is 9.53 Å². The van der Waals surface area contributed by atoms with Gasteiger partial charge < -0.3 is 19.5 Å². The summed E-state index contributed by atoms with van der Waals surface area (Å²) >= 11 is 0. The van der Waals surface area contributed by atoms with E-state index >= 15 is 0 Å². The van der Waals surface area contributed by atoms with Crippen molar-refractivity contribution in [3.8, 4) is 11.3 Å². The monoisotopic (exact) mass is 395 g/mol. The summed E-state index contributed by atoms with van der Waals surface area (Å²) in [6.07, 6.45) is 1.54. The van der Waals surface area contributed by atoms with Crippen LogP contribution >= 0.6 is 0 Å². The van der Waals surface area contributed by atoms with Gasteiger partial charge in [-0.05, 0) is 24.5 Å². The summed E-state index contributed by atoms with van der Waals surface area (Å²) in [6, 6.07) is 12.5. The fraction of sp³-hybridized carbons (Fsp3) is 0.409. The third-order valence-electron chi connectivity index (χ3n) is 5.63. The summed E-state index contributed by atoms with van der Waals surface area (Å²) in [6.45, 7) is 3.28. The fourth-order valence-electron chi connectivity index (χ4n) is 3.96. The highest BCUT2D eigenvalue weighted by Gasteiger charge is 2.30. The van der Waals surface area contributed by atoms with Crippen LogP contribution in [0.25, 0.3) is 11.3 Å². The lowest BCUT2D eigenvalue weighted by Gasteiger charge is -2.37. The maximum absolute atomic E-state index is 13.0. The molecule has 1 N–H and O–H groups in total. The second-order valence-corrected chi connectivity index (χ2v) is 7.52. The number of aromatic nitrogens is 1. The molecule has 1 aromatic heterocycles. The van der Waals surface area contributed by atoms with E-state index in [4.69, 9.17) is 4.74 Å². The van der Waals surface area contributed by atoms with Gasteiger partial charge in [0.1, 0.15) is 0 Å². The molecule has 2 aromatic rings. The molecule has 0 radical (unpaired) electrons. The first kappa shape index (κ1) is 19.4. The lowest BCUT2D eigenvalue weighted by molar-refractivity contribution is -0.140. The second-order valence-electron chi connectivity index (χ2n) is 7.52. The van der Waals surface area contributed by atoms with Gasteiger partial charge in [-0.1, -0.05) is 30.3 Å². The maximum Gasteiger partial charge on any atom is 0.254 e. The number of carbonyl (C=O) groups is 2. The number of carbonyl (C=O) groups excluding carboxylic acids is 2. The first-order valence-electron chi connectivity index (χ1n) is 10.1. The average Bonchev–Trinajstić information content (AvgIpc) is 2.79. The molecule has 1 aromatic carbocycles. The molecule has 3 heterocycles. The van der Waals surface area contributed by atoms with Crippen LogP contribution in [-0.4, -0.2) is 66.0 Å². The van der Waals surface area contributed by atoms with Crippen LogP contribution < -0.4 is 5.56 Å². The summed E-state index contributed by atoms with van der Waals surface area (Å²) < 4.78 is 5.33. The molecule has 7 heteroatoms. The first-order valence-corrected chi connectivity index (χ1v) is 10.1. The van der Waals surface area contributed by atoms with E-state index < -0.39 is 0 Å². The summed E-state index contributed by atoms with van der Waals surface area (Å²) in [5, 5.41) is 0. The molecule has 2 aliphatic rings. The van der Waals surface area contributed by atoms with Crippen LogP contribution in [0.4, 0.5) is 0 Å². The van der Waals surface area contributed by atoms with Crippen LogP contribution in [0.5, 0.6) is 0 Å². The Labute approximate surface area is 169 Å². The number of pyridine rings is 1. The SMILES string of the molecule is O=C(c1cc(-c2ccccc2)[nH]c(=O)c1)N1CCN(C(=O)C2CCOCC2)CC1. The number of aromatic amines is 1. The zero-order valence-corrected chi connectivity index (χ0v) is 16.3. The van der Waals surface area contributed by atoms with Gasteiger partial charge in [-0.3, -0.25) is 14.4 Å². The number of amides is 2. The van der Waals surface area contributed by atoms with Crippen molar-refractivity contribution in [1.29, 1.82) is 0 Å². The molecule has 29 heavy (non-hydrogen) atoms. The Balaban J connectivity index is 1.43. The highest BCUT2D eigenvalue weighted by atomic mass is 16.5. The third-order valence-corrected chi connectivity index (χ3v) is 5.63. The number of hydrogen-bond donors (Lipinski definition) is 1. The molecule has 0 aliphatic carbocycles. The maximum atomic E-state index is 13.0. The number of piperazine rings is 1. The number of hydrogen-bond acceptors (Lipinski definition) is 4. The zero-order valence-electron chi connectivity index (χ0n) is 16.3. The molecule has 0 unspecified atom stereocenters. The zero-order chi connectivity index (χ0) is 20.2. The summed E-state index contributed by atoms with van der Waals surface area (Å²) in [5.41, 5.74) is 1.54. The van der Waals surface area contributed by atoms with Crippen molar-refractivity contribution in [2.45, 2.75) is 12.8 Å². The van der Waals surface area contributed by atoms with Gasteiger partial charge in [0.25, 0.3) is 5.91 Å². The van der Waals surface area contributed by atoms with Gasteiger partial charge in [0.15, 0.2) is 0 Å². The highest BCUT2D eigenvalue weighted by molar-refractivity contribution is 5.95. The number of rotatable bonds is 3. The molecule has 4 rings (SSSR count). The van der Waals surface area contributed by atoms with E-state index in [1.54, 1.807) is 11.0 Å². The standard InChI is InChI=1S/C22H25N3O4/c26-20-15-18(14-19(23-20)16-4-2-1-3-5-16)22(28)25-10-8-24(9-11-25)21(27)17-6-12-29-13-7-17/h1-5,14-15,17H,6-13H2,(H,23,26). The Hall–Kier alpha value is -2.93. The van der Waals surface area contributed by atoms with Crippen molar-refractivity contribution in [2.75, 3.05) is 39.4 Å². The van der Waals surface area contributed by atoms with E-state index in [0.29, 0.717) is 50.7 Å². The second kappa shape index (κ2) is 8.61. The van der Waals surface area contributed by atoms with Crippen molar-refractivity contribution < 1.29 is 14.3 Å². The number of nitrogens with one attached hydrogen (secondary N) is 1. The molecule has 2 aliphatic heterocycles. The molecule has 2 fully saturated rings. The fourth-order valence-corrected chi connectivity index (χ4v) is 3.96. The molecule has 2 saturated heterocycles. The summed E-state index contributed by atoms with van der Waals surface area (Å²) in [7, 11) is 0. The van der Waals surface area contributed by atoms with Gasteiger partial charge in [-0.25, -0.2) is 0 Å². The lowest BCUT2D eigenvalue weighted by atomic mass is 9.98. The van der Waals surface area contributed by atoms with Crippen LogP contribution in [0.3, 0.4) is 0 Å². The van der Waals surface area contributed by atoms with Gasteiger partial charge in [0.05, 0.1) is 0 Å². The molecule has 0 saturated carbocycles. The summed E-state index contributed by atoms with van der Waals surface area (Å²) in [4.78, 5) is 44.1. The van der Waals surface area contributed by atoms with Crippen LogP contribution in [0.2, 0.25) is 0 Å². The minimum Gasteiger partial charge on any atom is -0.381 e. The van der Waals surface area contributed by atoms with E-state index in [2.05, 4.69) is 4.98 Å². The quantitative estimate of drug-likeness (QED) is 0.858. The Bertz CT molecular complexity index is 927. The minimum absolute atomic E-state index is 0.0344. The van der Waals surface area contributed by atoms with E-state index in [1.165, 1.54) is 6.07 Å².